The number of hydrogen-bond donors (Lipinski definition) is 2. The number of H-pyrrole nitrogens is 2. The Hall–Kier alpha value is -1.84. The number of aromatic amines is 2. The van der Waals surface area contributed by atoms with Crippen molar-refractivity contribution < 1.29 is 4.79 Å². The summed E-state index contributed by atoms with van der Waals surface area (Å²) in [6.07, 6.45) is 0.741. The lowest BCUT2D eigenvalue weighted by molar-refractivity contribution is 0.112. The van der Waals surface area contributed by atoms with E-state index < -0.39 is 0 Å². The highest BCUT2D eigenvalue weighted by Crippen LogP contribution is 2.07. The molecule has 0 spiro atoms. The van der Waals surface area contributed by atoms with Gasteiger partial charge in [0.05, 0.1) is 10.9 Å². The molecule has 0 unspecified atom stereocenters. The van der Waals surface area contributed by atoms with Gasteiger partial charge in [-0.1, -0.05) is 6.07 Å². The Bertz CT molecular complexity index is 481. The van der Waals surface area contributed by atoms with Crippen LogP contribution in [0.1, 0.15) is 10.4 Å². The number of carbonyl (C=O) groups excluding carboxylic acids is 1. The number of benzene rings is 1. The van der Waals surface area contributed by atoms with Crippen LogP contribution in [0.2, 0.25) is 0 Å². The highest BCUT2D eigenvalue weighted by molar-refractivity contribution is 5.85. The molecule has 2 rings (SSSR count). The van der Waals surface area contributed by atoms with E-state index in [4.69, 9.17) is 0 Å². The number of aromatic nitrogens is 2. The van der Waals surface area contributed by atoms with E-state index in [2.05, 4.69) is 10.2 Å². The van der Waals surface area contributed by atoms with Gasteiger partial charge in [-0.25, -0.2) is 0 Å². The summed E-state index contributed by atoms with van der Waals surface area (Å²) in [5.41, 5.74) is 1.05. The van der Waals surface area contributed by atoms with E-state index >= 15 is 0 Å². The molecule has 0 bridgehead atoms. The van der Waals surface area contributed by atoms with Crippen molar-refractivity contribution in [2.75, 3.05) is 0 Å². The summed E-state index contributed by atoms with van der Waals surface area (Å²) in [6, 6.07) is 4.85. The molecule has 12 heavy (non-hydrogen) atoms. The van der Waals surface area contributed by atoms with Gasteiger partial charge >= 0.3 is 0 Å². The van der Waals surface area contributed by atoms with Crippen LogP contribution in [0.4, 0.5) is 0 Å². The number of aldehydes is 1. The fraction of sp³-hybridized carbons (Fsp3) is 0. The number of hydrogen-bond acceptors (Lipinski definition) is 2. The van der Waals surface area contributed by atoms with Crippen molar-refractivity contribution in [1.29, 1.82) is 0 Å². The number of nitrogens with one attached hydrogen (secondary N) is 2. The van der Waals surface area contributed by atoms with E-state index in [-0.39, 0.29) is 5.56 Å². The third-order valence-corrected chi connectivity index (χ3v) is 1.74. The summed E-state index contributed by atoms with van der Waals surface area (Å²) in [5.74, 6) is 0. The number of rotatable bonds is 1. The van der Waals surface area contributed by atoms with Gasteiger partial charge in [-0.2, -0.15) is 0 Å². The van der Waals surface area contributed by atoms with Gasteiger partial charge in [0, 0.05) is 5.56 Å². The number of carbonyl (C=O) groups is 1. The Morgan fingerprint density at radius 2 is 2.08 bits per heavy atom. The van der Waals surface area contributed by atoms with Crippen LogP contribution in [0.25, 0.3) is 10.9 Å². The van der Waals surface area contributed by atoms with Crippen LogP contribution in [0.15, 0.2) is 23.0 Å². The Morgan fingerprint density at radius 3 is 2.83 bits per heavy atom. The van der Waals surface area contributed by atoms with E-state index in [0.29, 0.717) is 16.5 Å². The standard InChI is InChI=1S/C8H6N2O2/c11-4-5-1-2-6-7(3-5)9-10-8(6)12/h1-4H,(H2,9,10,12). The second-order valence-electron chi connectivity index (χ2n) is 2.50. The first kappa shape index (κ1) is 6.84. The van der Waals surface area contributed by atoms with Gasteiger partial charge in [-0.15, -0.1) is 0 Å². The maximum atomic E-state index is 11.0. The van der Waals surface area contributed by atoms with E-state index in [1.54, 1.807) is 18.2 Å². The average Bonchev–Trinajstić information content (AvgIpc) is 2.47. The molecule has 0 saturated heterocycles. The predicted octanol–water partition coefficient (Wildman–Crippen LogP) is 0.669. The summed E-state index contributed by atoms with van der Waals surface area (Å²) in [4.78, 5) is 21.4. The van der Waals surface area contributed by atoms with Crippen molar-refractivity contribution in [3.05, 3.63) is 34.1 Å². The van der Waals surface area contributed by atoms with Crippen molar-refractivity contribution in [2.24, 2.45) is 0 Å². The van der Waals surface area contributed by atoms with Gasteiger partial charge in [-0.3, -0.25) is 19.8 Å². The highest BCUT2D eigenvalue weighted by atomic mass is 16.1. The molecule has 2 aromatic rings. The Labute approximate surface area is 67.2 Å². The van der Waals surface area contributed by atoms with Gasteiger partial charge in [0.15, 0.2) is 0 Å². The minimum Gasteiger partial charge on any atom is -0.298 e. The SMILES string of the molecule is O=Cc1ccc2c(=O)[nH][nH]c2c1. The van der Waals surface area contributed by atoms with E-state index in [0.717, 1.165) is 6.29 Å². The Kier molecular flexibility index (Phi) is 1.33. The smallest absolute Gasteiger partial charge is 0.271 e. The molecule has 0 fully saturated rings. The maximum Gasteiger partial charge on any atom is 0.271 e. The molecule has 60 valence electrons. The summed E-state index contributed by atoms with van der Waals surface area (Å²) in [5, 5.41) is 5.67. The first-order valence-corrected chi connectivity index (χ1v) is 3.47. The van der Waals surface area contributed by atoms with Crippen LogP contribution in [-0.4, -0.2) is 16.5 Å². The fourth-order valence-electron chi connectivity index (χ4n) is 1.13. The lowest BCUT2D eigenvalue weighted by atomic mass is 10.2. The first-order valence-electron chi connectivity index (χ1n) is 3.47. The van der Waals surface area contributed by atoms with Crippen molar-refractivity contribution in [3.8, 4) is 0 Å². The number of fused-ring (bicyclic) bond motifs is 1. The van der Waals surface area contributed by atoms with Crippen LogP contribution in [0.3, 0.4) is 0 Å². The molecular weight excluding hydrogens is 156 g/mol. The molecule has 0 atom stereocenters. The normalized spacial score (nSPS) is 10.3. The highest BCUT2D eigenvalue weighted by Gasteiger charge is 1.99. The van der Waals surface area contributed by atoms with Crippen LogP contribution >= 0.6 is 0 Å². The van der Waals surface area contributed by atoms with Crippen LogP contribution < -0.4 is 5.56 Å². The van der Waals surface area contributed by atoms with E-state index in [1.165, 1.54) is 0 Å². The average molecular weight is 162 g/mol. The zero-order valence-electron chi connectivity index (χ0n) is 6.13. The van der Waals surface area contributed by atoms with Gasteiger partial charge in [-0.05, 0) is 12.1 Å². The van der Waals surface area contributed by atoms with Gasteiger partial charge in [0.1, 0.15) is 6.29 Å². The van der Waals surface area contributed by atoms with Crippen molar-refractivity contribution in [1.82, 2.24) is 10.2 Å². The largest absolute Gasteiger partial charge is 0.298 e. The second-order valence-corrected chi connectivity index (χ2v) is 2.50. The molecule has 1 aromatic heterocycles. The second kappa shape index (κ2) is 2.34. The quantitative estimate of drug-likeness (QED) is 0.605. The van der Waals surface area contributed by atoms with Gasteiger partial charge in [0.25, 0.3) is 5.56 Å². The van der Waals surface area contributed by atoms with Crippen molar-refractivity contribution in [2.45, 2.75) is 0 Å². The summed E-state index contributed by atoms with van der Waals surface area (Å²) >= 11 is 0. The van der Waals surface area contributed by atoms with Crippen molar-refractivity contribution in [3.63, 3.8) is 0 Å². The first-order chi connectivity index (χ1) is 5.81. The molecular formula is C8H6N2O2. The molecule has 4 heteroatoms. The zero-order valence-corrected chi connectivity index (χ0v) is 6.13. The minimum absolute atomic E-state index is 0.164. The Balaban J connectivity index is 2.86. The lowest BCUT2D eigenvalue weighted by Gasteiger charge is -1.88. The molecule has 1 aromatic carbocycles. The van der Waals surface area contributed by atoms with Crippen LogP contribution in [0, 0.1) is 0 Å². The van der Waals surface area contributed by atoms with Crippen LogP contribution in [-0.2, 0) is 0 Å². The van der Waals surface area contributed by atoms with E-state index in [1.807, 2.05) is 0 Å². The fourth-order valence-corrected chi connectivity index (χ4v) is 1.13. The van der Waals surface area contributed by atoms with Crippen molar-refractivity contribution >= 4 is 17.2 Å². The Morgan fingerprint density at radius 1 is 1.25 bits per heavy atom. The van der Waals surface area contributed by atoms with Gasteiger partial charge in [0.2, 0.25) is 0 Å². The van der Waals surface area contributed by atoms with E-state index in [9.17, 15) is 9.59 Å². The third kappa shape index (κ3) is 0.852. The summed E-state index contributed by atoms with van der Waals surface area (Å²) in [7, 11) is 0. The molecule has 0 aliphatic heterocycles. The maximum absolute atomic E-state index is 11.0. The molecule has 4 nitrogen and oxygen atoms in total. The molecule has 0 aliphatic rings. The molecule has 0 aliphatic carbocycles. The lowest BCUT2D eigenvalue weighted by Crippen LogP contribution is -1.96. The minimum atomic E-state index is -0.164. The van der Waals surface area contributed by atoms with Gasteiger partial charge < -0.3 is 0 Å². The predicted molar refractivity (Wildman–Crippen MR) is 44.3 cm³/mol. The monoisotopic (exact) mass is 162 g/mol. The topological polar surface area (TPSA) is 65.7 Å². The molecule has 0 saturated carbocycles. The molecule has 0 amide bonds. The molecule has 0 radical (unpaired) electrons. The third-order valence-electron chi connectivity index (χ3n) is 1.74. The zero-order chi connectivity index (χ0) is 8.55. The molecule has 1 heterocycles. The molecule has 2 N–H and O–H groups in total. The van der Waals surface area contributed by atoms with Crippen LogP contribution in [0.5, 0.6) is 0 Å². The summed E-state index contributed by atoms with van der Waals surface area (Å²) in [6.45, 7) is 0. The summed E-state index contributed by atoms with van der Waals surface area (Å²) < 4.78 is 0.